The molecular formula is C22H24BrClN2O2. The number of nitrogens with two attached hydrogens (primary N) is 1. The van der Waals surface area contributed by atoms with Gasteiger partial charge < -0.3 is 15.8 Å². The molecule has 4 atom stereocenters. The second kappa shape index (κ2) is 8.26. The Morgan fingerprint density at radius 1 is 1.43 bits per heavy atom. The van der Waals surface area contributed by atoms with Crippen LogP contribution < -0.4 is 11.1 Å². The fraction of sp³-hybridized carbons (Fsp3) is 0.364. The fourth-order valence-electron chi connectivity index (χ4n) is 4.66. The van der Waals surface area contributed by atoms with Gasteiger partial charge in [-0.05, 0) is 49.0 Å². The van der Waals surface area contributed by atoms with E-state index in [1.54, 1.807) is 6.07 Å². The van der Waals surface area contributed by atoms with E-state index >= 15 is 0 Å². The Morgan fingerprint density at radius 2 is 2.18 bits per heavy atom. The summed E-state index contributed by atoms with van der Waals surface area (Å²) in [6.07, 6.45) is 7.58. The second-order valence-corrected chi connectivity index (χ2v) is 9.06. The standard InChI is InChI=1S/C22H24BrClN2O2/c1-13(2)19-11-26-21(28)10-18(14-4-3-5-16(24)8-14)22(19,12-27)17-7-6-15(23)9-20(17)25/h3-7,9,12,14,18-19H,1,8,10-11,25H2,2H3,(H,26,28)/t14?,18-,19+,22+/m0/s1. The number of allylic oxidation sites excluding steroid dienone is 4. The quantitative estimate of drug-likeness (QED) is 0.392. The van der Waals surface area contributed by atoms with Crippen molar-refractivity contribution >= 4 is 45.4 Å². The van der Waals surface area contributed by atoms with E-state index in [0.717, 1.165) is 21.9 Å². The Labute approximate surface area is 179 Å². The van der Waals surface area contributed by atoms with Crippen LogP contribution in [0, 0.1) is 17.8 Å². The third-order valence-electron chi connectivity index (χ3n) is 5.95. The van der Waals surface area contributed by atoms with Crippen LogP contribution in [0.2, 0.25) is 0 Å². The predicted molar refractivity (Wildman–Crippen MR) is 117 cm³/mol. The lowest BCUT2D eigenvalue weighted by Gasteiger charge is -2.45. The van der Waals surface area contributed by atoms with Crippen LogP contribution in [0.1, 0.15) is 25.3 Å². The average Bonchev–Trinajstić information content (AvgIpc) is 2.78. The second-order valence-electron chi connectivity index (χ2n) is 7.66. The molecule has 28 heavy (non-hydrogen) atoms. The molecule has 3 rings (SSSR count). The Morgan fingerprint density at radius 3 is 2.79 bits per heavy atom. The molecule has 1 aliphatic heterocycles. The molecular weight excluding hydrogens is 440 g/mol. The van der Waals surface area contributed by atoms with Gasteiger partial charge in [-0.3, -0.25) is 4.79 Å². The molecule has 1 unspecified atom stereocenters. The van der Waals surface area contributed by atoms with Gasteiger partial charge in [0, 0.05) is 34.1 Å². The molecule has 4 nitrogen and oxygen atoms in total. The fourth-order valence-corrected chi connectivity index (χ4v) is 5.29. The van der Waals surface area contributed by atoms with Gasteiger partial charge in [0.25, 0.3) is 0 Å². The summed E-state index contributed by atoms with van der Waals surface area (Å²) < 4.78 is 0.838. The maximum absolute atomic E-state index is 12.9. The zero-order chi connectivity index (χ0) is 20.5. The Hall–Kier alpha value is -1.85. The minimum absolute atomic E-state index is 0.0588. The van der Waals surface area contributed by atoms with Crippen LogP contribution in [0.5, 0.6) is 0 Å². The predicted octanol–water partition coefficient (Wildman–Crippen LogP) is 4.50. The number of hydrogen-bond acceptors (Lipinski definition) is 3. The lowest BCUT2D eigenvalue weighted by Crippen LogP contribution is -2.48. The number of amides is 1. The molecule has 148 valence electrons. The van der Waals surface area contributed by atoms with Gasteiger partial charge in [0.2, 0.25) is 5.91 Å². The molecule has 6 heteroatoms. The van der Waals surface area contributed by atoms with E-state index in [1.165, 1.54) is 0 Å². The molecule has 0 saturated carbocycles. The van der Waals surface area contributed by atoms with Crippen LogP contribution in [-0.4, -0.2) is 18.7 Å². The maximum atomic E-state index is 12.9. The summed E-state index contributed by atoms with van der Waals surface area (Å²) in [6.45, 7) is 6.39. The van der Waals surface area contributed by atoms with Crippen molar-refractivity contribution < 1.29 is 9.59 Å². The number of rotatable bonds is 4. The molecule has 0 radical (unpaired) electrons. The van der Waals surface area contributed by atoms with Crippen molar-refractivity contribution in [1.82, 2.24) is 5.32 Å². The van der Waals surface area contributed by atoms with E-state index in [0.29, 0.717) is 23.7 Å². The topological polar surface area (TPSA) is 72.2 Å². The van der Waals surface area contributed by atoms with Gasteiger partial charge in [-0.15, -0.1) is 0 Å². The van der Waals surface area contributed by atoms with Gasteiger partial charge in [-0.2, -0.15) is 0 Å². The maximum Gasteiger partial charge on any atom is 0.220 e. The van der Waals surface area contributed by atoms with Crippen LogP contribution in [0.25, 0.3) is 0 Å². The van der Waals surface area contributed by atoms with Crippen LogP contribution in [-0.2, 0) is 15.0 Å². The van der Waals surface area contributed by atoms with Gasteiger partial charge in [-0.1, -0.05) is 57.9 Å². The van der Waals surface area contributed by atoms with Crippen molar-refractivity contribution in [2.75, 3.05) is 12.3 Å². The highest BCUT2D eigenvalue weighted by Gasteiger charge is 2.52. The average molecular weight is 464 g/mol. The number of hydrogen-bond donors (Lipinski definition) is 2. The first-order chi connectivity index (χ1) is 13.3. The van der Waals surface area contributed by atoms with Gasteiger partial charge in [-0.25, -0.2) is 0 Å². The SMILES string of the molecule is C=C(C)[C@H]1CNC(=O)C[C@@H](C2C=CC=C(Cl)C2)[C@@]1(C=O)c1ccc(Br)cc1N. The van der Waals surface area contributed by atoms with Crippen molar-refractivity contribution in [3.8, 4) is 0 Å². The Balaban J connectivity index is 2.26. The number of aldehydes is 1. The normalized spacial score (nSPS) is 30.2. The van der Waals surface area contributed by atoms with Crippen molar-refractivity contribution in [2.24, 2.45) is 17.8 Å². The first-order valence-electron chi connectivity index (χ1n) is 9.26. The smallest absolute Gasteiger partial charge is 0.220 e. The van der Waals surface area contributed by atoms with Crippen LogP contribution >= 0.6 is 27.5 Å². The third-order valence-corrected chi connectivity index (χ3v) is 6.73. The lowest BCUT2D eigenvalue weighted by molar-refractivity contribution is -0.122. The zero-order valence-electron chi connectivity index (χ0n) is 15.8. The molecule has 1 heterocycles. The molecule has 1 aliphatic carbocycles. The highest BCUT2D eigenvalue weighted by atomic mass is 79.9. The summed E-state index contributed by atoms with van der Waals surface area (Å²) in [5.41, 5.74) is 7.51. The minimum Gasteiger partial charge on any atom is -0.398 e. The Kier molecular flexibility index (Phi) is 6.15. The number of halogens is 2. The zero-order valence-corrected chi connectivity index (χ0v) is 18.1. The summed E-state index contributed by atoms with van der Waals surface area (Å²) >= 11 is 9.75. The third kappa shape index (κ3) is 3.70. The highest BCUT2D eigenvalue weighted by Crippen LogP contribution is 2.50. The van der Waals surface area contributed by atoms with Gasteiger partial charge in [0.1, 0.15) is 6.29 Å². The first kappa shape index (κ1) is 20.9. The number of carbonyl (C=O) groups is 2. The monoisotopic (exact) mass is 462 g/mol. The molecule has 2 aliphatic rings. The van der Waals surface area contributed by atoms with Gasteiger partial charge in [0.05, 0.1) is 5.41 Å². The van der Waals surface area contributed by atoms with Crippen molar-refractivity contribution in [3.63, 3.8) is 0 Å². The van der Waals surface area contributed by atoms with E-state index in [2.05, 4.69) is 27.8 Å². The van der Waals surface area contributed by atoms with Gasteiger partial charge in [0.15, 0.2) is 0 Å². The molecule has 1 fully saturated rings. The van der Waals surface area contributed by atoms with Gasteiger partial charge >= 0.3 is 0 Å². The minimum atomic E-state index is -0.987. The first-order valence-corrected chi connectivity index (χ1v) is 10.4. The largest absolute Gasteiger partial charge is 0.398 e. The summed E-state index contributed by atoms with van der Waals surface area (Å²) in [5.74, 6) is -0.703. The van der Waals surface area contributed by atoms with E-state index < -0.39 is 5.41 Å². The molecule has 0 bridgehead atoms. The van der Waals surface area contributed by atoms with Crippen LogP contribution in [0.3, 0.4) is 0 Å². The number of benzene rings is 1. The molecule has 1 amide bonds. The summed E-state index contributed by atoms with van der Waals surface area (Å²) in [7, 11) is 0. The number of nitrogen functional groups attached to an aromatic ring is 1. The molecule has 1 saturated heterocycles. The highest BCUT2D eigenvalue weighted by molar-refractivity contribution is 9.10. The van der Waals surface area contributed by atoms with Crippen molar-refractivity contribution in [1.29, 1.82) is 0 Å². The molecule has 0 spiro atoms. The molecule has 3 N–H and O–H groups in total. The van der Waals surface area contributed by atoms with Crippen molar-refractivity contribution in [2.45, 2.75) is 25.2 Å². The Bertz CT molecular complexity index is 879. The molecule has 1 aromatic carbocycles. The lowest BCUT2D eigenvalue weighted by atomic mass is 9.57. The van der Waals surface area contributed by atoms with E-state index in [4.69, 9.17) is 17.3 Å². The van der Waals surface area contributed by atoms with Crippen molar-refractivity contribution in [3.05, 3.63) is 63.6 Å². The van der Waals surface area contributed by atoms with Crippen LogP contribution in [0.15, 0.2) is 58.1 Å². The van der Waals surface area contributed by atoms with E-state index in [9.17, 15) is 9.59 Å². The summed E-state index contributed by atoms with van der Waals surface area (Å²) in [5, 5.41) is 3.68. The molecule has 0 aromatic heterocycles. The molecule has 1 aromatic rings. The summed E-state index contributed by atoms with van der Waals surface area (Å²) in [4.78, 5) is 25.5. The summed E-state index contributed by atoms with van der Waals surface area (Å²) in [6, 6.07) is 5.57. The van der Waals surface area contributed by atoms with E-state index in [-0.39, 0.29) is 30.1 Å². The van der Waals surface area contributed by atoms with E-state index in [1.807, 2.05) is 37.3 Å². The number of carbonyl (C=O) groups excluding carboxylic acids is 2. The number of anilines is 1. The number of nitrogens with one attached hydrogen (secondary N) is 1. The van der Waals surface area contributed by atoms with Crippen LogP contribution in [0.4, 0.5) is 5.69 Å².